The molecule has 1 aliphatic heterocycles. The molecule has 0 fully saturated rings. The topological polar surface area (TPSA) is 89.3 Å². The smallest absolute Gasteiger partial charge is 0.258 e. The van der Waals surface area contributed by atoms with E-state index in [0.29, 0.717) is 5.56 Å². The largest absolute Gasteiger partial charge is 0.366 e. The van der Waals surface area contributed by atoms with Crippen molar-refractivity contribution in [2.75, 3.05) is 0 Å². The lowest BCUT2D eigenvalue weighted by Crippen LogP contribution is -2.38. The minimum atomic E-state index is -0.670. The molecule has 2 rings (SSSR count). The molecule has 1 heterocycles. The number of carbonyl (C=O) groups is 3. The molecule has 76 valence electrons. The molecule has 3 amide bonds. The quantitative estimate of drug-likeness (QED) is 0.610. The van der Waals surface area contributed by atoms with Gasteiger partial charge in [0.1, 0.15) is 0 Å². The van der Waals surface area contributed by atoms with Gasteiger partial charge < -0.3 is 5.73 Å². The van der Waals surface area contributed by atoms with E-state index in [2.05, 4.69) is 5.32 Å². The Morgan fingerprint density at radius 1 is 1.33 bits per heavy atom. The van der Waals surface area contributed by atoms with Crippen LogP contribution in [0.2, 0.25) is 0 Å². The number of imide groups is 1. The van der Waals surface area contributed by atoms with Crippen molar-refractivity contribution in [1.82, 2.24) is 5.32 Å². The molecule has 1 aliphatic rings. The number of carbonyl (C=O) groups excluding carboxylic acids is 3. The van der Waals surface area contributed by atoms with Gasteiger partial charge in [-0.1, -0.05) is 12.1 Å². The predicted molar refractivity (Wildman–Crippen MR) is 51.1 cm³/mol. The summed E-state index contributed by atoms with van der Waals surface area (Å²) in [6.07, 6.45) is 0.0994. The van der Waals surface area contributed by atoms with Crippen LogP contribution in [0, 0.1) is 0 Å². The summed E-state index contributed by atoms with van der Waals surface area (Å²) in [5.41, 5.74) is 6.04. The molecule has 0 unspecified atom stereocenters. The third-order valence-electron chi connectivity index (χ3n) is 2.25. The first-order chi connectivity index (χ1) is 7.09. The molecule has 0 spiro atoms. The van der Waals surface area contributed by atoms with E-state index in [0.717, 1.165) is 0 Å². The van der Waals surface area contributed by atoms with E-state index in [1.807, 2.05) is 0 Å². The van der Waals surface area contributed by atoms with Crippen molar-refractivity contribution in [3.05, 3.63) is 34.9 Å². The highest BCUT2D eigenvalue weighted by molar-refractivity contribution is 6.15. The summed E-state index contributed by atoms with van der Waals surface area (Å²) in [6, 6.07) is 4.71. The van der Waals surface area contributed by atoms with Crippen LogP contribution in [0.4, 0.5) is 0 Å². The molecule has 0 atom stereocenters. The maximum absolute atomic E-state index is 11.5. The SMILES string of the molecule is NC(=O)c1cccc2c1C(=O)NC(=O)C2. The molecule has 0 saturated carbocycles. The zero-order chi connectivity index (χ0) is 11.0. The summed E-state index contributed by atoms with van der Waals surface area (Å²) in [7, 11) is 0. The van der Waals surface area contributed by atoms with Crippen LogP contribution in [0.5, 0.6) is 0 Å². The number of hydrogen-bond donors (Lipinski definition) is 2. The molecular weight excluding hydrogens is 196 g/mol. The van der Waals surface area contributed by atoms with Crippen molar-refractivity contribution in [3.8, 4) is 0 Å². The Labute approximate surface area is 85.3 Å². The zero-order valence-electron chi connectivity index (χ0n) is 7.74. The zero-order valence-corrected chi connectivity index (χ0v) is 7.74. The van der Waals surface area contributed by atoms with Crippen LogP contribution in [0.1, 0.15) is 26.3 Å². The highest BCUT2D eigenvalue weighted by Crippen LogP contribution is 2.18. The van der Waals surface area contributed by atoms with Crippen LogP contribution in [-0.4, -0.2) is 17.7 Å². The number of nitrogens with two attached hydrogens (primary N) is 1. The van der Waals surface area contributed by atoms with Crippen LogP contribution >= 0.6 is 0 Å². The number of nitrogens with one attached hydrogen (secondary N) is 1. The molecule has 15 heavy (non-hydrogen) atoms. The number of benzene rings is 1. The van der Waals surface area contributed by atoms with Crippen molar-refractivity contribution in [1.29, 1.82) is 0 Å². The fourth-order valence-corrected chi connectivity index (χ4v) is 1.63. The highest BCUT2D eigenvalue weighted by Gasteiger charge is 2.26. The van der Waals surface area contributed by atoms with Gasteiger partial charge >= 0.3 is 0 Å². The predicted octanol–water partition coefficient (Wildman–Crippen LogP) is -0.402. The molecular formula is C10H8N2O3. The van der Waals surface area contributed by atoms with Crippen molar-refractivity contribution in [3.63, 3.8) is 0 Å². The monoisotopic (exact) mass is 204 g/mol. The van der Waals surface area contributed by atoms with Gasteiger partial charge in [-0.2, -0.15) is 0 Å². The second kappa shape index (κ2) is 3.20. The number of hydrogen-bond acceptors (Lipinski definition) is 3. The van der Waals surface area contributed by atoms with Gasteiger partial charge in [0.05, 0.1) is 17.5 Å². The Morgan fingerprint density at radius 2 is 2.07 bits per heavy atom. The average Bonchev–Trinajstić information content (AvgIpc) is 2.16. The van der Waals surface area contributed by atoms with Crippen LogP contribution in [0.3, 0.4) is 0 Å². The highest BCUT2D eigenvalue weighted by atomic mass is 16.2. The maximum Gasteiger partial charge on any atom is 0.258 e. The van der Waals surface area contributed by atoms with Crippen molar-refractivity contribution in [2.24, 2.45) is 5.73 Å². The fourth-order valence-electron chi connectivity index (χ4n) is 1.63. The molecule has 0 aliphatic carbocycles. The van der Waals surface area contributed by atoms with Crippen molar-refractivity contribution >= 4 is 17.7 Å². The summed E-state index contributed by atoms with van der Waals surface area (Å²) in [6.45, 7) is 0. The van der Waals surface area contributed by atoms with E-state index < -0.39 is 11.8 Å². The summed E-state index contributed by atoms with van der Waals surface area (Å²) >= 11 is 0. The van der Waals surface area contributed by atoms with Gasteiger partial charge in [0.2, 0.25) is 11.8 Å². The summed E-state index contributed by atoms with van der Waals surface area (Å²) in [5.74, 6) is -1.60. The van der Waals surface area contributed by atoms with Gasteiger partial charge in [-0.25, -0.2) is 0 Å². The van der Waals surface area contributed by atoms with E-state index in [9.17, 15) is 14.4 Å². The second-order valence-corrected chi connectivity index (χ2v) is 3.26. The van der Waals surface area contributed by atoms with Gasteiger partial charge in [0.25, 0.3) is 5.91 Å². The van der Waals surface area contributed by atoms with E-state index >= 15 is 0 Å². The molecule has 0 aromatic heterocycles. The van der Waals surface area contributed by atoms with Gasteiger partial charge in [-0.3, -0.25) is 19.7 Å². The molecule has 5 heteroatoms. The number of amides is 3. The van der Waals surface area contributed by atoms with Gasteiger partial charge in [0.15, 0.2) is 0 Å². The van der Waals surface area contributed by atoms with Gasteiger partial charge in [-0.15, -0.1) is 0 Å². The Hall–Kier alpha value is -2.17. The van der Waals surface area contributed by atoms with Crippen LogP contribution in [0.25, 0.3) is 0 Å². The minimum absolute atomic E-state index is 0.0994. The molecule has 1 aromatic rings. The number of fused-ring (bicyclic) bond motifs is 1. The Kier molecular flexibility index (Phi) is 2.00. The number of rotatable bonds is 1. The lowest BCUT2D eigenvalue weighted by atomic mass is 9.95. The lowest BCUT2D eigenvalue weighted by molar-refractivity contribution is -0.119. The second-order valence-electron chi connectivity index (χ2n) is 3.26. The van der Waals surface area contributed by atoms with Crippen LogP contribution in [0.15, 0.2) is 18.2 Å². The first-order valence-electron chi connectivity index (χ1n) is 4.35. The summed E-state index contributed by atoms with van der Waals surface area (Å²) < 4.78 is 0. The lowest BCUT2D eigenvalue weighted by Gasteiger charge is -2.16. The average molecular weight is 204 g/mol. The molecule has 5 nitrogen and oxygen atoms in total. The van der Waals surface area contributed by atoms with E-state index in [1.54, 1.807) is 12.1 Å². The van der Waals surface area contributed by atoms with Crippen molar-refractivity contribution < 1.29 is 14.4 Å². The normalized spacial score (nSPS) is 14.4. The summed E-state index contributed by atoms with van der Waals surface area (Å²) in [4.78, 5) is 33.6. The van der Waals surface area contributed by atoms with Crippen LogP contribution < -0.4 is 11.1 Å². The first kappa shape index (κ1) is 9.39. The molecule has 0 radical (unpaired) electrons. The van der Waals surface area contributed by atoms with E-state index in [-0.39, 0.29) is 23.5 Å². The van der Waals surface area contributed by atoms with Crippen molar-refractivity contribution in [2.45, 2.75) is 6.42 Å². The van der Waals surface area contributed by atoms with E-state index in [4.69, 9.17) is 5.73 Å². The van der Waals surface area contributed by atoms with E-state index in [1.165, 1.54) is 6.07 Å². The Bertz CT molecular complexity index is 480. The molecule has 1 aromatic carbocycles. The van der Waals surface area contributed by atoms with Gasteiger partial charge in [0, 0.05) is 0 Å². The number of primary amides is 1. The minimum Gasteiger partial charge on any atom is -0.366 e. The Balaban J connectivity index is 2.64. The standard InChI is InChI=1S/C10H8N2O3/c11-9(14)6-3-1-2-5-4-7(13)12-10(15)8(5)6/h1-3H,4H2,(H2,11,14)(H,12,13,15). The molecule has 0 saturated heterocycles. The Morgan fingerprint density at radius 3 is 2.73 bits per heavy atom. The molecule has 3 N–H and O–H groups in total. The molecule has 0 bridgehead atoms. The summed E-state index contributed by atoms with van der Waals surface area (Å²) in [5, 5.41) is 2.15. The third kappa shape index (κ3) is 1.48. The maximum atomic E-state index is 11.5. The first-order valence-corrected chi connectivity index (χ1v) is 4.35. The van der Waals surface area contributed by atoms with Gasteiger partial charge in [-0.05, 0) is 11.6 Å². The fraction of sp³-hybridized carbons (Fsp3) is 0.100. The van der Waals surface area contributed by atoms with Crippen LogP contribution in [-0.2, 0) is 11.2 Å². The third-order valence-corrected chi connectivity index (χ3v) is 2.25.